The summed E-state index contributed by atoms with van der Waals surface area (Å²) >= 11 is 5.17. The number of carbonyl (C=O) groups excluding carboxylic acids is 1. The van der Waals surface area contributed by atoms with Gasteiger partial charge >= 0.3 is 0 Å². The quantitative estimate of drug-likeness (QED) is 0.361. The fraction of sp³-hybridized carbons (Fsp3) is 0.300. The largest absolute Gasteiger partial charge is 0.352 e. The lowest BCUT2D eigenvalue weighted by Crippen LogP contribution is -2.23. The first kappa shape index (κ1) is 26.8. The zero-order valence-corrected chi connectivity index (χ0v) is 24.1. The van der Waals surface area contributed by atoms with Crippen molar-refractivity contribution in [2.75, 3.05) is 18.5 Å². The second-order valence-corrected chi connectivity index (χ2v) is 12.3. The Morgan fingerprint density at radius 3 is 2.56 bits per heavy atom. The average Bonchev–Trinajstić information content (AvgIpc) is 3.14. The number of amides is 1. The zero-order chi connectivity index (χ0) is 25.7. The zero-order valence-electron chi connectivity index (χ0n) is 21.6. The van der Waals surface area contributed by atoms with E-state index in [0.29, 0.717) is 17.4 Å². The number of hydrogen-bond donors (Lipinski definition) is 1. The summed E-state index contributed by atoms with van der Waals surface area (Å²) < 4.78 is 0. The lowest BCUT2D eigenvalue weighted by molar-refractivity contribution is -0.116. The third kappa shape index (κ3) is 6.16. The van der Waals surface area contributed by atoms with Gasteiger partial charge in [0.2, 0.25) is 0 Å². The summed E-state index contributed by atoms with van der Waals surface area (Å²) in [5, 5.41) is 4.11. The van der Waals surface area contributed by atoms with Crippen molar-refractivity contribution in [3.05, 3.63) is 97.6 Å². The highest BCUT2D eigenvalue weighted by Crippen LogP contribution is 2.45. The van der Waals surface area contributed by atoms with Gasteiger partial charge in [0.25, 0.3) is 5.91 Å². The van der Waals surface area contributed by atoms with Crippen LogP contribution in [-0.4, -0.2) is 19.5 Å². The summed E-state index contributed by atoms with van der Waals surface area (Å²) in [6, 6.07) is 17.1. The summed E-state index contributed by atoms with van der Waals surface area (Å²) in [5.41, 5.74) is 4.03. The Morgan fingerprint density at radius 2 is 1.83 bits per heavy atom. The number of benzene rings is 2. The minimum atomic E-state index is -0.0280. The summed E-state index contributed by atoms with van der Waals surface area (Å²) in [6.07, 6.45) is 8.27. The van der Waals surface area contributed by atoms with Crippen molar-refractivity contribution in [2.45, 2.75) is 50.3 Å². The van der Waals surface area contributed by atoms with E-state index >= 15 is 0 Å². The molecule has 2 heterocycles. The van der Waals surface area contributed by atoms with Gasteiger partial charge in [0.15, 0.2) is 0 Å². The number of likely N-dealkylation sites (N-methyl/N-ethyl adjacent to an activating group) is 1. The van der Waals surface area contributed by atoms with Gasteiger partial charge in [-0.3, -0.25) is 4.79 Å². The molecule has 0 bridgehead atoms. The second-order valence-electron chi connectivity index (χ2n) is 8.95. The van der Waals surface area contributed by atoms with E-state index in [-0.39, 0.29) is 5.91 Å². The van der Waals surface area contributed by atoms with Gasteiger partial charge in [-0.1, -0.05) is 85.0 Å². The predicted octanol–water partition coefficient (Wildman–Crippen LogP) is 8.38. The number of allylic oxidation sites excluding steroid dienone is 5. The minimum Gasteiger partial charge on any atom is -0.352 e. The van der Waals surface area contributed by atoms with Crippen LogP contribution in [0, 0.1) is 5.92 Å². The van der Waals surface area contributed by atoms with Gasteiger partial charge in [-0.15, -0.1) is 0 Å². The molecule has 6 heteroatoms. The van der Waals surface area contributed by atoms with E-state index in [0.717, 1.165) is 17.9 Å². The van der Waals surface area contributed by atoms with E-state index in [4.69, 9.17) is 0 Å². The van der Waals surface area contributed by atoms with Crippen molar-refractivity contribution in [1.29, 1.82) is 0 Å². The monoisotopic (exact) mass is 534 g/mol. The van der Waals surface area contributed by atoms with Crippen LogP contribution < -0.4 is 10.2 Å². The highest BCUT2D eigenvalue weighted by atomic mass is 32.2. The molecule has 0 saturated carbocycles. The molecule has 2 aliphatic rings. The third-order valence-corrected chi connectivity index (χ3v) is 10.1. The van der Waals surface area contributed by atoms with E-state index in [1.807, 2.05) is 24.8 Å². The molecular formula is C30H34N2OS3. The number of fused-ring (bicyclic) bond motifs is 2. The highest BCUT2D eigenvalue weighted by Gasteiger charge is 2.22. The fourth-order valence-corrected chi connectivity index (χ4v) is 7.41. The average molecular weight is 535 g/mol. The van der Waals surface area contributed by atoms with Crippen LogP contribution in [0.25, 0.3) is 0 Å². The van der Waals surface area contributed by atoms with Crippen LogP contribution in [-0.2, 0) is 11.2 Å². The maximum absolute atomic E-state index is 13.0. The van der Waals surface area contributed by atoms with Gasteiger partial charge in [0.05, 0.1) is 15.6 Å². The van der Waals surface area contributed by atoms with E-state index in [9.17, 15) is 4.79 Å². The lowest BCUT2D eigenvalue weighted by Gasteiger charge is -2.14. The molecule has 0 radical (unpaired) electrons. The fourth-order valence-electron chi connectivity index (χ4n) is 4.15. The molecule has 0 aliphatic carbocycles. The number of nitrogens with one attached hydrogen (secondary N) is 1. The molecule has 188 valence electrons. The van der Waals surface area contributed by atoms with E-state index < -0.39 is 0 Å². The van der Waals surface area contributed by atoms with Gasteiger partial charge in [-0.2, -0.15) is 0 Å². The number of rotatable bonds is 7. The summed E-state index contributed by atoms with van der Waals surface area (Å²) in [4.78, 5) is 21.0. The number of carbonyl (C=O) groups is 1. The molecule has 0 aromatic heterocycles. The third-order valence-electron chi connectivity index (χ3n) is 6.44. The normalized spacial score (nSPS) is 19.3. The van der Waals surface area contributed by atoms with Crippen molar-refractivity contribution in [3.8, 4) is 0 Å². The Balaban J connectivity index is 1.63. The molecule has 36 heavy (non-hydrogen) atoms. The van der Waals surface area contributed by atoms with Crippen molar-refractivity contribution < 1.29 is 4.79 Å². The van der Waals surface area contributed by atoms with Crippen LogP contribution in [0.15, 0.2) is 102 Å². The number of nitrogens with zero attached hydrogens (tertiary/aromatic N) is 1. The highest BCUT2D eigenvalue weighted by molar-refractivity contribution is 8.07. The summed E-state index contributed by atoms with van der Waals surface area (Å²) in [6.45, 7) is 9.29. The maximum Gasteiger partial charge on any atom is 0.258 e. The van der Waals surface area contributed by atoms with Crippen molar-refractivity contribution >= 4 is 46.9 Å². The van der Waals surface area contributed by atoms with Crippen LogP contribution in [0.5, 0.6) is 0 Å². The lowest BCUT2D eigenvalue weighted by atomic mass is 9.94. The Kier molecular flexibility index (Phi) is 9.15. The van der Waals surface area contributed by atoms with Gasteiger partial charge in [-0.25, -0.2) is 0 Å². The molecule has 3 nitrogen and oxygen atoms in total. The molecule has 4 rings (SSSR count). The smallest absolute Gasteiger partial charge is 0.258 e. The van der Waals surface area contributed by atoms with Gasteiger partial charge in [-0.05, 0) is 79.5 Å². The van der Waals surface area contributed by atoms with Crippen molar-refractivity contribution in [2.24, 2.45) is 5.92 Å². The summed E-state index contributed by atoms with van der Waals surface area (Å²) in [7, 11) is 2.08. The van der Waals surface area contributed by atoms with Gasteiger partial charge < -0.3 is 10.2 Å². The topological polar surface area (TPSA) is 32.3 Å². The molecule has 0 spiro atoms. The van der Waals surface area contributed by atoms with E-state index in [1.54, 1.807) is 23.5 Å². The Morgan fingerprint density at radius 1 is 1.11 bits per heavy atom. The van der Waals surface area contributed by atoms with Crippen LogP contribution in [0.3, 0.4) is 0 Å². The molecule has 1 N–H and O–H groups in total. The van der Waals surface area contributed by atoms with E-state index in [1.165, 1.54) is 36.4 Å². The molecule has 2 aliphatic heterocycles. The van der Waals surface area contributed by atoms with Crippen LogP contribution in [0.4, 0.5) is 5.69 Å². The first-order chi connectivity index (χ1) is 17.4. The van der Waals surface area contributed by atoms with Crippen molar-refractivity contribution in [1.82, 2.24) is 5.32 Å². The molecule has 1 atom stereocenters. The van der Waals surface area contributed by atoms with Gasteiger partial charge in [0, 0.05) is 28.3 Å². The van der Waals surface area contributed by atoms with Crippen LogP contribution >= 0.6 is 35.3 Å². The molecule has 2 aromatic carbocycles. The minimum absolute atomic E-state index is 0.0280. The molecule has 1 amide bonds. The Labute approximate surface area is 228 Å². The standard InChI is InChI=1S/C30H34N2OS3/c1-6-23(19-28-21(4)20(3)18-22-12-8-10-14-25(22)35-28)34-27(30(33)31-7-2)16-17-29-32(5)24-13-9-11-15-26(24)36-29/h8-17,19-20H,6-7,18H2,1-5H3,(H,31,33). The SMILES string of the molecule is CCNC(=O)C(=CC=C1Sc2ccccc2N1C)SC(=CC1=C(C)C(C)Cc2ccccc2S1)CC. The number of thioether (sulfide) groups is 3. The molecular weight excluding hydrogens is 501 g/mol. The summed E-state index contributed by atoms with van der Waals surface area (Å²) in [5.74, 6) is 0.454. The number of hydrogen-bond acceptors (Lipinski definition) is 5. The number of para-hydroxylation sites is 1. The Hall–Kier alpha value is -2.28. The van der Waals surface area contributed by atoms with E-state index in [2.05, 4.69) is 98.7 Å². The maximum atomic E-state index is 13.0. The molecule has 2 aromatic rings. The molecule has 0 saturated heterocycles. The molecule has 0 fully saturated rings. The Bertz CT molecular complexity index is 1260. The predicted molar refractivity (Wildman–Crippen MR) is 159 cm³/mol. The van der Waals surface area contributed by atoms with Crippen LogP contribution in [0.2, 0.25) is 0 Å². The second kappa shape index (κ2) is 12.3. The van der Waals surface area contributed by atoms with Crippen LogP contribution in [0.1, 0.15) is 39.7 Å². The van der Waals surface area contributed by atoms with Gasteiger partial charge in [0.1, 0.15) is 0 Å². The molecule has 1 unspecified atom stereocenters. The number of anilines is 1. The first-order valence-corrected chi connectivity index (χ1v) is 14.9. The first-order valence-electron chi connectivity index (χ1n) is 12.5. The van der Waals surface area contributed by atoms with Crippen molar-refractivity contribution in [3.63, 3.8) is 0 Å².